The van der Waals surface area contributed by atoms with Gasteiger partial charge in [-0.15, -0.1) is 0 Å². The van der Waals surface area contributed by atoms with E-state index in [2.05, 4.69) is 15.9 Å². The molecule has 3 nitrogen and oxygen atoms in total. The number of nitrogens with zero attached hydrogens (tertiary/aromatic N) is 1. The highest BCUT2D eigenvalue weighted by Crippen LogP contribution is 2.30. The van der Waals surface area contributed by atoms with Crippen LogP contribution in [0.15, 0.2) is 22.7 Å². The molecule has 0 spiro atoms. The lowest BCUT2D eigenvalue weighted by atomic mass is 10.1. The summed E-state index contributed by atoms with van der Waals surface area (Å²) in [6, 6.07) is 5.94. The summed E-state index contributed by atoms with van der Waals surface area (Å²) in [6.07, 6.45) is 0.441. The van der Waals surface area contributed by atoms with Crippen LogP contribution in [0.1, 0.15) is 18.9 Å². The molecule has 0 saturated carbocycles. The van der Waals surface area contributed by atoms with Gasteiger partial charge < -0.3 is 10.6 Å². The maximum atomic E-state index is 11.9. The molecule has 86 valence electrons. The lowest BCUT2D eigenvalue weighted by molar-refractivity contribution is -0.117. The van der Waals surface area contributed by atoms with Gasteiger partial charge in [-0.2, -0.15) is 0 Å². The third-order valence-electron chi connectivity index (χ3n) is 3.12. The fourth-order valence-electron chi connectivity index (χ4n) is 2.13. The number of aryl methyl sites for hydroxylation is 1. The van der Waals surface area contributed by atoms with E-state index in [1.165, 1.54) is 0 Å². The smallest absolute Gasteiger partial charge is 0.228 e. The monoisotopic (exact) mass is 282 g/mol. The van der Waals surface area contributed by atoms with Crippen LogP contribution in [0.2, 0.25) is 0 Å². The van der Waals surface area contributed by atoms with Crippen molar-refractivity contribution in [3.63, 3.8) is 0 Å². The SMILES string of the molecule is Cc1cc(Br)ccc1N1C(=O)CC(N)C1C. The van der Waals surface area contributed by atoms with E-state index in [4.69, 9.17) is 5.73 Å². The van der Waals surface area contributed by atoms with Crippen LogP contribution in [0.4, 0.5) is 5.69 Å². The van der Waals surface area contributed by atoms with E-state index >= 15 is 0 Å². The first-order valence-corrected chi connectivity index (χ1v) is 6.14. The molecule has 1 aromatic rings. The number of hydrogen-bond donors (Lipinski definition) is 1. The minimum atomic E-state index is -0.0597. The molecule has 1 amide bonds. The first kappa shape index (κ1) is 11.6. The van der Waals surface area contributed by atoms with Gasteiger partial charge in [0.15, 0.2) is 0 Å². The van der Waals surface area contributed by atoms with Crippen molar-refractivity contribution in [3.8, 4) is 0 Å². The molecular formula is C12H15BrN2O. The molecule has 2 unspecified atom stereocenters. The van der Waals surface area contributed by atoms with E-state index < -0.39 is 0 Å². The summed E-state index contributed by atoms with van der Waals surface area (Å²) in [4.78, 5) is 13.7. The van der Waals surface area contributed by atoms with Crippen LogP contribution >= 0.6 is 15.9 Å². The lowest BCUT2D eigenvalue weighted by Crippen LogP contribution is -2.38. The van der Waals surface area contributed by atoms with Gasteiger partial charge in [-0.1, -0.05) is 15.9 Å². The number of carbonyl (C=O) groups excluding carboxylic acids is 1. The average Bonchev–Trinajstić information content (AvgIpc) is 2.43. The molecule has 1 aromatic carbocycles. The Kier molecular flexibility index (Phi) is 3.04. The number of hydrogen-bond acceptors (Lipinski definition) is 2. The second-order valence-electron chi connectivity index (χ2n) is 4.30. The van der Waals surface area contributed by atoms with Crippen molar-refractivity contribution in [3.05, 3.63) is 28.2 Å². The third-order valence-corrected chi connectivity index (χ3v) is 3.62. The lowest BCUT2D eigenvalue weighted by Gasteiger charge is -2.25. The summed E-state index contributed by atoms with van der Waals surface area (Å²) in [6.45, 7) is 4.00. The van der Waals surface area contributed by atoms with Crippen molar-refractivity contribution >= 4 is 27.5 Å². The van der Waals surface area contributed by atoms with Gasteiger partial charge in [0, 0.05) is 28.7 Å². The number of benzene rings is 1. The van der Waals surface area contributed by atoms with Gasteiger partial charge in [0.2, 0.25) is 5.91 Å². The van der Waals surface area contributed by atoms with Crippen LogP contribution < -0.4 is 10.6 Å². The molecule has 4 heteroatoms. The normalized spacial score (nSPS) is 25.2. The number of amides is 1. The summed E-state index contributed by atoms with van der Waals surface area (Å²) in [7, 11) is 0. The highest BCUT2D eigenvalue weighted by molar-refractivity contribution is 9.10. The standard InChI is InChI=1S/C12H15BrN2O/c1-7-5-9(13)3-4-11(7)15-8(2)10(14)6-12(15)16/h3-5,8,10H,6,14H2,1-2H3. The number of anilines is 1. The summed E-state index contributed by atoms with van der Waals surface area (Å²) in [5.74, 6) is 0.116. The van der Waals surface area contributed by atoms with E-state index in [-0.39, 0.29) is 18.0 Å². The zero-order valence-corrected chi connectivity index (χ0v) is 11.0. The Hall–Kier alpha value is -0.870. The minimum absolute atomic E-state index is 0.0597. The second kappa shape index (κ2) is 4.18. The molecule has 0 aliphatic carbocycles. The Morgan fingerprint density at radius 3 is 2.69 bits per heavy atom. The molecule has 2 atom stereocenters. The van der Waals surface area contributed by atoms with Crippen LogP contribution in [0, 0.1) is 6.92 Å². The van der Waals surface area contributed by atoms with E-state index in [9.17, 15) is 4.79 Å². The Labute approximate surface area is 104 Å². The van der Waals surface area contributed by atoms with Crippen molar-refractivity contribution < 1.29 is 4.79 Å². The van der Waals surface area contributed by atoms with Gasteiger partial charge in [0.05, 0.1) is 0 Å². The number of carbonyl (C=O) groups is 1. The summed E-state index contributed by atoms with van der Waals surface area (Å²) >= 11 is 3.42. The minimum Gasteiger partial charge on any atom is -0.325 e. The number of nitrogens with two attached hydrogens (primary N) is 1. The quantitative estimate of drug-likeness (QED) is 0.859. The van der Waals surface area contributed by atoms with Gasteiger partial charge in [-0.25, -0.2) is 0 Å². The number of rotatable bonds is 1. The molecule has 0 bridgehead atoms. The highest BCUT2D eigenvalue weighted by Gasteiger charge is 2.35. The van der Waals surface area contributed by atoms with Crippen molar-refractivity contribution in [2.75, 3.05) is 4.90 Å². The predicted molar refractivity (Wildman–Crippen MR) is 68.4 cm³/mol. The molecule has 2 N–H and O–H groups in total. The molecule has 1 saturated heterocycles. The molecule has 1 heterocycles. The molecule has 1 aliphatic heterocycles. The second-order valence-corrected chi connectivity index (χ2v) is 5.22. The summed E-state index contributed by atoms with van der Waals surface area (Å²) < 4.78 is 1.03. The van der Waals surface area contributed by atoms with Crippen molar-refractivity contribution in [1.82, 2.24) is 0 Å². The highest BCUT2D eigenvalue weighted by atomic mass is 79.9. The third kappa shape index (κ3) is 1.87. The topological polar surface area (TPSA) is 46.3 Å². The molecular weight excluding hydrogens is 268 g/mol. The van der Waals surface area contributed by atoms with E-state index in [1.807, 2.05) is 36.9 Å². The molecule has 1 aliphatic rings. The molecule has 0 aromatic heterocycles. The van der Waals surface area contributed by atoms with Gasteiger partial charge in [0.1, 0.15) is 0 Å². The molecule has 2 rings (SSSR count). The summed E-state index contributed by atoms with van der Waals surface area (Å²) in [5.41, 5.74) is 7.96. The van der Waals surface area contributed by atoms with Crippen LogP contribution in [0.25, 0.3) is 0 Å². The fraction of sp³-hybridized carbons (Fsp3) is 0.417. The molecule has 16 heavy (non-hydrogen) atoms. The van der Waals surface area contributed by atoms with E-state index in [0.717, 1.165) is 15.7 Å². The Morgan fingerprint density at radius 2 is 2.19 bits per heavy atom. The largest absolute Gasteiger partial charge is 0.325 e. The van der Waals surface area contributed by atoms with Gasteiger partial charge in [-0.05, 0) is 37.6 Å². The van der Waals surface area contributed by atoms with E-state index in [1.54, 1.807) is 0 Å². The Bertz CT molecular complexity index is 433. The van der Waals surface area contributed by atoms with Gasteiger partial charge in [-0.3, -0.25) is 4.79 Å². The zero-order chi connectivity index (χ0) is 11.9. The average molecular weight is 283 g/mol. The Morgan fingerprint density at radius 1 is 1.50 bits per heavy atom. The fourth-order valence-corrected chi connectivity index (χ4v) is 2.61. The maximum absolute atomic E-state index is 11.9. The van der Waals surface area contributed by atoms with Crippen molar-refractivity contribution in [2.45, 2.75) is 32.4 Å². The maximum Gasteiger partial charge on any atom is 0.228 e. The van der Waals surface area contributed by atoms with Gasteiger partial charge in [0.25, 0.3) is 0 Å². The molecule has 0 radical (unpaired) electrons. The Balaban J connectivity index is 2.40. The van der Waals surface area contributed by atoms with Crippen LogP contribution in [-0.4, -0.2) is 18.0 Å². The first-order chi connectivity index (χ1) is 7.50. The summed E-state index contributed by atoms with van der Waals surface area (Å²) in [5, 5.41) is 0. The van der Waals surface area contributed by atoms with Crippen molar-refractivity contribution in [1.29, 1.82) is 0 Å². The van der Waals surface area contributed by atoms with Crippen molar-refractivity contribution in [2.24, 2.45) is 5.73 Å². The predicted octanol–water partition coefficient (Wildman–Crippen LogP) is 2.21. The van der Waals surface area contributed by atoms with Crippen LogP contribution in [0.5, 0.6) is 0 Å². The van der Waals surface area contributed by atoms with Gasteiger partial charge >= 0.3 is 0 Å². The van der Waals surface area contributed by atoms with Crippen LogP contribution in [0.3, 0.4) is 0 Å². The number of halogens is 1. The van der Waals surface area contributed by atoms with E-state index in [0.29, 0.717) is 6.42 Å². The first-order valence-electron chi connectivity index (χ1n) is 5.34. The molecule has 1 fully saturated rings. The van der Waals surface area contributed by atoms with Crippen LogP contribution in [-0.2, 0) is 4.79 Å². The zero-order valence-electron chi connectivity index (χ0n) is 9.40.